The Hall–Kier alpha value is -1.79. The third kappa shape index (κ3) is 2.00. The minimum atomic E-state index is -5.17. The van der Waals surface area contributed by atoms with E-state index >= 15 is 0 Å². The van der Waals surface area contributed by atoms with Gasteiger partial charge in [-0.25, -0.2) is 0 Å². The highest BCUT2D eigenvalue weighted by atomic mass is 19.4. The van der Waals surface area contributed by atoms with Crippen molar-refractivity contribution in [2.75, 3.05) is 11.3 Å². The van der Waals surface area contributed by atoms with Gasteiger partial charge in [0, 0.05) is 0 Å². The van der Waals surface area contributed by atoms with Gasteiger partial charge in [-0.3, -0.25) is 9.59 Å². The number of ketones is 1. The second kappa shape index (κ2) is 3.86. The lowest BCUT2D eigenvalue weighted by Crippen LogP contribution is -2.41. The monoisotopic (exact) mass is 256 g/mol. The minimum Gasteiger partial charge on any atom is -0.448 e. The van der Waals surface area contributed by atoms with Gasteiger partial charge in [-0.2, -0.15) is 0 Å². The quantitative estimate of drug-likeness (QED) is 0.601. The summed E-state index contributed by atoms with van der Waals surface area (Å²) in [5.74, 6) is -1.96. The standard InChI is InChI=1S/C11H10BF3NO2/c1-6-3-7(2)9-8(4-6)10(17)11(18)16(9)5-12(13,14)15/h3-4H,5H2,1-2H3/q-1. The van der Waals surface area contributed by atoms with E-state index in [9.17, 15) is 22.5 Å². The van der Waals surface area contributed by atoms with Crippen LogP contribution in [0.1, 0.15) is 21.5 Å². The van der Waals surface area contributed by atoms with Crippen LogP contribution in [0.3, 0.4) is 0 Å². The van der Waals surface area contributed by atoms with Crippen molar-refractivity contribution in [2.45, 2.75) is 13.8 Å². The van der Waals surface area contributed by atoms with E-state index in [2.05, 4.69) is 0 Å². The van der Waals surface area contributed by atoms with E-state index in [0.29, 0.717) is 10.5 Å². The van der Waals surface area contributed by atoms with Crippen LogP contribution in [-0.4, -0.2) is 25.1 Å². The van der Waals surface area contributed by atoms with Gasteiger partial charge in [-0.05, 0) is 37.5 Å². The Kier molecular flexibility index (Phi) is 2.72. The number of nitrogens with zero attached hydrogens (tertiary/aromatic N) is 1. The second-order valence-corrected chi connectivity index (χ2v) is 4.43. The lowest BCUT2D eigenvalue weighted by atomic mass is 9.91. The number of halogens is 3. The molecule has 1 amide bonds. The largest absolute Gasteiger partial charge is 0.497 e. The van der Waals surface area contributed by atoms with Crippen molar-refractivity contribution in [1.82, 2.24) is 0 Å². The SMILES string of the molecule is Cc1cc(C)c2c(c1)C(=O)C(=O)N2C[B-](F)(F)F. The van der Waals surface area contributed by atoms with Crippen LogP contribution in [0.5, 0.6) is 0 Å². The van der Waals surface area contributed by atoms with Gasteiger partial charge < -0.3 is 17.8 Å². The van der Waals surface area contributed by atoms with Gasteiger partial charge in [0.05, 0.1) is 11.3 Å². The molecule has 0 fully saturated rings. The third-order valence-electron chi connectivity index (χ3n) is 2.79. The Labute approximate surface area is 102 Å². The van der Waals surface area contributed by atoms with Crippen molar-refractivity contribution < 1.29 is 22.5 Å². The molecular weight excluding hydrogens is 246 g/mol. The molecule has 1 aliphatic rings. The van der Waals surface area contributed by atoms with Crippen LogP contribution < -0.4 is 4.90 Å². The zero-order valence-corrected chi connectivity index (χ0v) is 9.84. The maximum atomic E-state index is 12.5. The van der Waals surface area contributed by atoms with Gasteiger partial charge in [-0.15, -0.1) is 0 Å². The number of benzene rings is 1. The molecule has 1 aromatic carbocycles. The molecule has 0 N–H and O–H groups in total. The number of anilines is 1. The first kappa shape index (κ1) is 12.7. The molecule has 3 nitrogen and oxygen atoms in total. The van der Waals surface area contributed by atoms with E-state index in [4.69, 9.17) is 0 Å². The van der Waals surface area contributed by atoms with Crippen molar-refractivity contribution >= 4 is 24.4 Å². The number of hydrogen-bond donors (Lipinski definition) is 0. The predicted molar refractivity (Wildman–Crippen MR) is 61.7 cm³/mol. The lowest BCUT2D eigenvalue weighted by Gasteiger charge is -2.24. The lowest BCUT2D eigenvalue weighted by molar-refractivity contribution is -0.114. The summed E-state index contributed by atoms with van der Waals surface area (Å²) in [7, 11) is 0. The van der Waals surface area contributed by atoms with Crippen LogP contribution in [0.15, 0.2) is 12.1 Å². The molecule has 2 rings (SSSR count). The number of fused-ring (bicyclic) bond motifs is 1. The zero-order chi connectivity index (χ0) is 13.7. The summed E-state index contributed by atoms with van der Waals surface area (Å²) in [4.78, 5) is 23.8. The van der Waals surface area contributed by atoms with Gasteiger partial charge in [0.2, 0.25) is 0 Å². The van der Waals surface area contributed by atoms with Crippen molar-refractivity contribution in [3.63, 3.8) is 0 Å². The predicted octanol–water partition coefficient (Wildman–Crippen LogP) is 2.22. The number of aryl methyl sites for hydroxylation is 2. The van der Waals surface area contributed by atoms with Crippen molar-refractivity contribution in [3.05, 3.63) is 28.8 Å². The van der Waals surface area contributed by atoms with Crippen LogP contribution in [0.4, 0.5) is 18.6 Å². The summed E-state index contributed by atoms with van der Waals surface area (Å²) in [5, 5.41) is 0. The summed E-state index contributed by atoms with van der Waals surface area (Å²) >= 11 is 0. The first-order valence-electron chi connectivity index (χ1n) is 5.39. The van der Waals surface area contributed by atoms with Crippen molar-refractivity contribution in [3.8, 4) is 0 Å². The number of carbonyl (C=O) groups is 2. The molecule has 1 aromatic rings. The molecule has 0 atom stereocenters. The summed E-state index contributed by atoms with van der Waals surface area (Å²) in [6.07, 6.45) is -1.37. The molecule has 7 heteroatoms. The molecule has 0 aromatic heterocycles. The van der Waals surface area contributed by atoms with Crippen molar-refractivity contribution in [1.29, 1.82) is 0 Å². The molecule has 1 heterocycles. The Balaban J connectivity index is 2.55. The van der Waals surface area contributed by atoms with Gasteiger partial charge in [0.25, 0.3) is 11.7 Å². The highest BCUT2D eigenvalue weighted by Crippen LogP contribution is 2.34. The van der Waals surface area contributed by atoms with Crippen LogP contribution in [0.2, 0.25) is 0 Å². The Morgan fingerprint density at radius 3 is 2.33 bits per heavy atom. The van der Waals surface area contributed by atoms with Gasteiger partial charge >= 0.3 is 6.98 Å². The highest BCUT2D eigenvalue weighted by Gasteiger charge is 2.40. The van der Waals surface area contributed by atoms with E-state index < -0.39 is 25.1 Å². The average Bonchev–Trinajstić information content (AvgIpc) is 2.42. The molecule has 96 valence electrons. The minimum absolute atomic E-state index is 0.0672. The fourth-order valence-electron chi connectivity index (χ4n) is 2.21. The molecule has 0 radical (unpaired) electrons. The molecular formula is C11H10BF3NO2-. The van der Waals surface area contributed by atoms with Gasteiger partial charge in [0.15, 0.2) is 0 Å². The van der Waals surface area contributed by atoms with Crippen LogP contribution >= 0.6 is 0 Å². The zero-order valence-electron chi connectivity index (χ0n) is 9.84. The summed E-state index contributed by atoms with van der Waals surface area (Å²) in [6.45, 7) is -1.85. The first-order valence-corrected chi connectivity index (χ1v) is 5.39. The number of carbonyl (C=O) groups excluding carboxylic acids is 2. The van der Waals surface area contributed by atoms with Crippen LogP contribution in [0.25, 0.3) is 0 Å². The van der Waals surface area contributed by atoms with E-state index in [1.165, 1.54) is 6.07 Å². The Morgan fingerprint density at radius 2 is 1.78 bits per heavy atom. The van der Waals surface area contributed by atoms with Crippen molar-refractivity contribution in [2.24, 2.45) is 0 Å². The highest BCUT2D eigenvalue weighted by molar-refractivity contribution is 6.62. The van der Waals surface area contributed by atoms with E-state index in [0.717, 1.165) is 5.56 Å². The molecule has 0 aliphatic carbocycles. The van der Waals surface area contributed by atoms with Gasteiger partial charge in [-0.1, -0.05) is 6.07 Å². The van der Waals surface area contributed by atoms with E-state index in [-0.39, 0.29) is 11.3 Å². The molecule has 18 heavy (non-hydrogen) atoms. The van der Waals surface area contributed by atoms with E-state index in [1.807, 2.05) is 0 Å². The van der Waals surface area contributed by atoms with Gasteiger partial charge in [0.1, 0.15) is 0 Å². The number of rotatable bonds is 2. The summed E-state index contributed by atoms with van der Waals surface area (Å²) in [5.41, 5.74) is 1.41. The average molecular weight is 256 g/mol. The summed E-state index contributed by atoms with van der Waals surface area (Å²) < 4.78 is 37.4. The number of Topliss-reactive ketones (excluding diaryl/α,β-unsaturated/α-hetero) is 1. The number of amides is 1. The molecule has 1 aliphatic heterocycles. The summed E-state index contributed by atoms with van der Waals surface area (Å²) in [6, 6.07) is 3.10. The third-order valence-corrected chi connectivity index (χ3v) is 2.79. The maximum absolute atomic E-state index is 12.5. The topological polar surface area (TPSA) is 37.4 Å². The van der Waals surface area contributed by atoms with Crippen LogP contribution in [-0.2, 0) is 4.79 Å². The molecule has 0 unspecified atom stereocenters. The Morgan fingerprint density at radius 1 is 1.17 bits per heavy atom. The molecule has 0 bridgehead atoms. The molecule has 0 saturated carbocycles. The maximum Gasteiger partial charge on any atom is 0.497 e. The Bertz CT molecular complexity index is 554. The normalized spacial score (nSPS) is 15.3. The fraction of sp³-hybridized carbons (Fsp3) is 0.273. The smallest absolute Gasteiger partial charge is 0.448 e. The second-order valence-electron chi connectivity index (χ2n) is 4.43. The first-order chi connectivity index (χ1) is 8.20. The van der Waals surface area contributed by atoms with E-state index in [1.54, 1.807) is 19.9 Å². The fourth-order valence-corrected chi connectivity index (χ4v) is 2.21. The molecule has 0 saturated heterocycles. The molecule has 0 spiro atoms. The van der Waals surface area contributed by atoms with Crippen LogP contribution in [0, 0.1) is 13.8 Å². The number of hydrogen-bond acceptors (Lipinski definition) is 2.